The summed E-state index contributed by atoms with van der Waals surface area (Å²) in [5.74, 6) is 9.10. The van der Waals surface area contributed by atoms with Crippen LogP contribution in [0, 0.1) is 23.7 Å². The lowest BCUT2D eigenvalue weighted by atomic mass is 9.80. The molecule has 4 fully saturated rings. The molecule has 0 aromatic heterocycles. The molecule has 0 radical (unpaired) electrons. The summed E-state index contributed by atoms with van der Waals surface area (Å²) in [6.45, 7) is 6.28. The number of hydrogen-bond donors (Lipinski definition) is 3. The van der Waals surface area contributed by atoms with E-state index in [1.165, 1.54) is 6.08 Å². The number of likely N-dealkylation sites (tertiary alicyclic amines) is 3. The van der Waals surface area contributed by atoms with Gasteiger partial charge in [-0.15, -0.1) is 0 Å². The zero-order chi connectivity index (χ0) is 29.2. The molecule has 2 amide bonds. The van der Waals surface area contributed by atoms with Gasteiger partial charge in [0.25, 0.3) is 0 Å². The van der Waals surface area contributed by atoms with Crippen LogP contribution >= 0.6 is 0 Å². The van der Waals surface area contributed by atoms with Crippen molar-refractivity contribution in [2.45, 2.75) is 49.6 Å². The summed E-state index contributed by atoms with van der Waals surface area (Å²) in [4.78, 5) is 31.5. The number of nitrogens with two attached hydrogens (primary N) is 1. The molecular weight excluding hydrogens is 528 g/mol. The van der Waals surface area contributed by atoms with Crippen LogP contribution in [-0.4, -0.2) is 84.3 Å². The number of ether oxygens (including phenoxy) is 1. The van der Waals surface area contributed by atoms with Gasteiger partial charge in [-0.05, 0) is 55.2 Å². The number of fused-ring (bicyclic) bond motifs is 1. The van der Waals surface area contributed by atoms with E-state index < -0.39 is 0 Å². The van der Waals surface area contributed by atoms with Crippen LogP contribution in [0.4, 0.5) is 0 Å². The molecule has 0 bridgehead atoms. The van der Waals surface area contributed by atoms with Crippen molar-refractivity contribution in [2.75, 3.05) is 33.4 Å². The first-order valence-corrected chi connectivity index (χ1v) is 14.9. The van der Waals surface area contributed by atoms with Crippen LogP contribution in [0.1, 0.15) is 30.7 Å². The zero-order valence-corrected chi connectivity index (χ0v) is 24.1. The first-order valence-electron chi connectivity index (χ1n) is 14.9. The van der Waals surface area contributed by atoms with E-state index in [4.69, 9.17) is 10.5 Å². The lowest BCUT2D eigenvalue weighted by molar-refractivity contribution is -0.132. The van der Waals surface area contributed by atoms with Gasteiger partial charge in [0.05, 0.1) is 24.4 Å². The Morgan fingerprint density at radius 3 is 2.38 bits per heavy atom. The normalized spacial score (nSPS) is 30.0. The van der Waals surface area contributed by atoms with Crippen molar-refractivity contribution in [2.24, 2.45) is 17.6 Å². The molecule has 4 aliphatic rings. The van der Waals surface area contributed by atoms with E-state index in [-0.39, 0.29) is 54.0 Å². The zero-order valence-electron chi connectivity index (χ0n) is 24.1. The number of rotatable bonds is 5. The first kappa shape index (κ1) is 28.4. The van der Waals surface area contributed by atoms with Gasteiger partial charge in [-0.1, -0.05) is 48.8 Å². The summed E-state index contributed by atoms with van der Waals surface area (Å²) in [6.07, 6.45) is 3.46. The number of amides is 2. The van der Waals surface area contributed by atoms with Crippen molar-refractivity contribution < 1.29 is 14.3 Å². The third-order valence-electron chi connectivity index (χ3n) is 9.25. The molecule has 2 aromatic carbocycles. The van der Waals surface area contributed by atoms with Gasteiger partial charge in [-0.2, -0.15) is 0 Å². The predicted molar refractivity (Wildman–Crippen MR) is 161 cm³/mol. The first-order chi connectivity index (χ1) is 20.4. The third kappa shape index (κ3) is 5.55. The van der Waals surface area contributed by atoms with Crippen molar-refractivity contribution >= 4 is 11.8 Å². The van der Waals surface area contributed by atoms with Gasteiger partial charge in [0.15, 0.2) is 0 Å². The minimum atomic E-state index is -0.252. The highest BCUT2D eigenvalue weighted by Gasteiger charge is 2.56. The summed E-state index contributed by atoms with van der Waals surface area (Å²) < 4.78 is 6.07. The molecule has 42 heavy (non-hydrogen) atoms. The van der Waals surface area contributed by atoms with Crippen LogP contribution in [0.5, 0.6) is 11.5 Å². The molecule has 2 aromatic rings. The Morgan fingerprint density at radius 1 is 1.00 bits per heavy atom. The van der Waals surface area contributed by atoms with Crippen LogP contribution in [0.3, 0.4) is 0 Å². The standard InChI is InChI=1S/C33H40N6O3/c1-3-28(40)38-19-15-22(16-20-38)9-14-26-29(23-10-12-25(13-11-23)42-24-7-5-4-6-8-24)30-31(34)35-21-36-32(30)39(26)27-17-18-37(2)33(27)41/h3-8,10-13,22,26-27,29-32,35-36H,1,15-21,34H2,2H3. The second kappa shape index (κ2) is 12.3. The molecule has 9 heteroatoms. The van der Waals surface area contributed by atoms with Crippen LogP contribution in [0.25, 0.3) is 0 Å². The van der Waals surface area contributed by atoms with Crippen LogP contribution in [0.15, 0.2) is 67.3 Å². The largest absolute Gasteiger partial charge is 0.457 e. The number of piperidine rings is 1. The molecule has 0 aliphatic carbocycles. The van der Waals surface area contributed by atoms with Crippen molar-refractivity contribution in [1.82, 2.24) is 25.3 Å². The summed E-state index contributed by atoms with van der Waals surface area (Å²) in [5, 5.41) is 7.03. The maximum Gasteiger partial charge on any atom is 0.245 e. The van der Waals surface area contributed by atoms with Crippen LogP contribution in [0.2, 0.25) is 0 Å². The van der Waals surface area contributed by atoms with E-state index in [0.717, 1.165) is 42.9 Å². The topological polar surface area (TPSA) is 103 Å². The Bertz CT molecular complexity index is 1350. The van der Waals surface area contributed by atoms with Gasteiger partial charge < -0.3 is 20.3 Å². The second-order valence-electron chi connectivity index (χ2n) is 11.7. The smallest absolute Gasteiger partial charge is 0.245 e. The average Bonchev–Trinajstić information content (AvgIpc) is 3.53. The van der Waals surface area contributed by atoms with Gasteiger partial charge in [0.1, 0.15) is 11.5 Å². The van der Waals surface area contributed by atoms with Crippen LogP contribution in [-0.2, 0) is 9.59 Å². The van der Waals surface area contributed by atoms with E-state index in [1.54, 1.807) is 0 Å². The molecule has 9 nitrogen and oxygen atoms in total. The Morgan fingerprint density at radius 2 is 1.71 bits per heavy atom. The van der Waals surface area contributed by atoms with Crippen molar-refractivity contribution in [3.8, 4) is 23.3 Å². The number of benzene rings is 2. The Kier molecular flexibility index (Phi) is 8.31. The molecule has 4 heterocycles. The molecular formula is C33H40N6O3. The van der Waals surface area contributed by atoms with Crippen molar-refractivity contribution in [3.63, 3.8) is 0 Å². The molecule has 4 saturated heterocycles. The van der Waals surface area contributed by atoms with Gasteiger partial charge in [0.2, 0.25) is 11.8 Å². The van der Waals surface area contributed by atoms with Gasteiger partial charge in [-0.25, -0.2) is 0 Å². The number of carbonyl (C=O) groups excluding carboxylic acids is 2. The van der Waals surface area contributed by atoms with Crippen molar-refractivity contribution in [1.29, 1.82) is 0 Å². The summed E-state index contributed by atoms with van der Waals surface area (Å²) in [5.41, 5.74) is 7.89. The SMILES string of the molecule is C=CC(=O)N1CCC(C#CC2C(c3ccc(Oc4ccccc4)cc3)C3C(N)NCNC3N2C2CCN(C)C2=O)CC1. The average molecular weight is 569 g/mol. The number of nitrogens with one attached hydrogen (secondary N) is 2. The van der Waals surface area contributed by atoms with Crippen molar-refractivity contribution in [3.05, 3.63) is 72.8 Å². The van der Waals surface area contributed by atoms with Gasteiger partial charge in [0, 0.05) is 51.1 Å². The Balaban J connectivity index is 1.33. The van der Waals surface area contributed by atoms with Crippen LogP contribution < -0.4 is 21.1 Å². The monoisotopic (exact) mass is 568 g/mol. The highest BCUT2D eigenvalue weighted by atomic mass is 16.5. The third-order valence-corrected chi connectivity index (χ3v) is 9.25. The maximum atomic E-state index is 13.4. The predicted octanol–water partition coefficient (Wildman–Crippen LogP) is 2.28. The fourth-order valence-corrected chi connectivity index (χ4v) is 7.04. The summed E-state index contributed by atoms with van der Waals surface area (Å²) in [6, 6.07) is 17.5. The molecule has 0 spiro atoms. The van der Waals surface area contributed by atoms with E-state index in [0.29, 0.717) is 19.8 Å². The molecule has 0 saturated carbocycles. The fraction of sp³-hybridized carbons (Fsp3) is 0.455. The number of likely N-dealkylation sites (N-methyl/N-ethyl adjacent to an activating group) is 1. The number of carbonyl (C=O) groups is 2. The molecule has 6 rings (SSSR count). The fourth-order valence-electron chi connectivity index (χ4n) is 7.04. The molecule has 6 atom stereocenters. The summed E-state index contributed by atoms with van der Waals surface area (Å²) in [7, 11) is 1.87. The highest BCUT2D eigenvalue weighted by Crippen LogP contribution is 2.46. The maximum absolute atomic E-state index is 13.4. The minimum absolute atomic E-state index is 0.00436. The minimum Gasteiger partial charge on any atom is -0.457 e. The van der Waals surface area contributed by atoms with E-state index in [1.807, 2.05) is 59.3 Å². The molecule has 220 valence electrons. The molecule has 4 N–H and O–H groups in total. The summed E-state index contributed by atoms with van der Waals surface area (Å²) >= 11 is 0. The van der Waals surface area contributed by atoms with E-state index in [9.17, 15) is 9.59 Å². The molecule has 6 unspecified atom stereocenters. The number of hydrogen-bond acceptors (Lipinski definition) is 7. The second-order valence-corrected chi connectivity index (χ2v) is 11.7. The highest BCUT2D eigenvalue weighted by molar-refractivity contribution is 5.87. The lowest BCUT2D eigenvalue weighted by Gasteiger charge is -2.39. The van der Waals surface area contributed by atoms with Gasteiger partial charge in [-0.3, -0.25) is 25.1 Å². The Hall–Kier alpha value is -3.68. The molecule has 4 aliphatic heterocycles. The number of para-hydroxylation sites is 1. The lowest BCUT2D eigenvalue weighted by Crippen LogP contribution is -2.64. The van der Waals surface area contributed by atoms with Gasteiger partial charge >= 0.3 is 0 Å². The quantitative estimate of drug-likeness (QED) is 0.376. The Labute approximate surface area is 248 Å². The van der Waals surface area contributed by atoms with E-state index in [2.05, 4.69) is 46.1 Å². The van der Waals surface area contributed by atoms with E-state index >= 15 is 0 Å². The number of nitrogens with zero attached hydrogens (tertiary/aromatic N) is 3.